The molecule has 2 heteroatoms. The van der Waals surface area contributed by atoms with Crippen molar-refractivity contribution in [1.29, 1.82) is 0 Å². The summed E-state index contributed by atoms with van der Waals surface area (Å²) in [4.78, 5) is 3.19. The molecule has 1 aromatic rings. The lowest BCUT2D eigenvalue weighted by molar-refractivity contribution is 0.275. The monoisotopic (exact) mass is 221 g/mol. The number of rotatable bonds is 0. The van der Waals surface area contributed by atoms with E-state index in [1.807, 2.05) is 11.3 Å². The normalized spacial score (nSPS) is 30.5. The fourth-order valence-electron chi connectivity index (χ4n) is 3.33. The Morgan fingerprint density at radius 1 is 1.33 bits per heavy atom. The zero-order valence-electron chi connectivity index (χ0n) is 9.44. The maximum absolute atomic E-state index is 3.60. The van der Waals surface area contributed by atoms with E-state index in [2.05, 4.69) is 18.3 Å². The lowest BCUT2D eigenvalue weighted by Gasteiger charge is -2.41. The fraction of sp³-hybridized carbons (Fsp3) is 0.692. The van der Waals surface area contributed by atoms with Gasteiger partial charge in [-0.2, -0.15) is 0 Å². The Bertz CT molecular complexity index is 361. The summed E-state index contributed by atoms with van der Waals surface area (Å²) in [5, 5.41) is 3.60. The van der Waals surface area contributed by atoms with Crippen molar-refractivity contribution < 1.29 is 0 Å². The summed E-state index contributed by atoms with van der Waals surface area (Å²) in [6.07, 6.45) is 6.89. The van der Waals surface area contributed by atoms with Gasteiger partial charge in [0.05, 0.1) is 0 Å². The van der Waals surface area contributed by atoms with Crippen LogP contribution in [0.2, 0.25) is 0 Å². The van der Waals surface area contributed by atoms with Crippen LogP contribution in [0.3, 0.4) is 0 Å². The largest absolute Gasteiger partial charge is 0.316 e. The van der Waals surface area contributed by atoms with E-state index >= 15 is 0 Å². The molecule has 0 unspecified atom stereocenters. The summed E-state index contributed by atoms with van der Waals surface area (Å²) in [7, 11) is 0. The quantitative estimate of drug-likeness (QED) is 0.710. The number of nitrogens with one attached hydrogen (secondary N) is 1. The molecule has 15 heavy (non-hydrogen) atoms. The number of hydrogen-bond acceptors (Lipinski definition) is 2. The first kappa shape index (κ1) is 9.86. The zero-order valence-corrected chi connectivity index (χ0v) is 10.3. The van der Waals surface area contributed by atoms with Crippen molar-refractivity contribution in [2.45, 2.75) is 44.4 Å². The predicted octanol–water partition coefficient (Wildman–Crippen LogP) is 3.01. The van der Waals surface area contributed by atoms with E-state index in [1.165, 1.54) is 50.1 Å². The molecular formula is C13H19NS. The van der Waals surface area contributed by atoms with Crippen molar-refractivity contribution in [2.24, 2.45) is 0 Å². The average molecular weight is 221 g/mol. The minimum absolute atomic E-state index is 0.511. The predicted molar refractivity (Wildman–Crippen MR) is 65.8 cm³/mol. The highest BCUT2D eigenvalue weighted by atomic mass is 32.1. The summed E-state index contributed by atoms with van der Waals surface area (Å²) in [6, 6.07) is 2.46. The molecule has 1 fully saturated rings. The van der Waals surface area contributed by atoms with Gasteiger partial charge in [0.15, 0.2) is 0 Å². The molecule has 3 rings (SSSR count). The lowest BCUT2D eigenvalue weighted by Crippen LogP contribution is -2.44. The van der Waals surface area contributed by atoms with Gasteiger partial charge < -0.3 is 5.32 Å². The average Bonchev–Trinajstić information content (AvgIpc) is 2.62. The second-order valence-corrected chi connectivity index (χ2v) is 6.45. The van der Waals surface area contributed by atoms with Gasteiger partial charge in [-0.1, -0.05) is 0 Å². The van der Waals surface area contributed by atoms with Crippen LogP contribution in [0.25, 0.3) is 0 Å². The van der Waals surface area contributed by atoms with Crippen molar-refractivity contribution in [3.63, 3.8) is 0 Å². The van der Waals surface area contributed by atoms with Crippen molar-refractivity contribution in [1.82, 2.24) is 5.32 Å². The molecule has 1 nitrogen and oxygen atoms in total. The van der Waals surface area contributed by atoms with Gasteiger partial charge in [0.2, 0.25) is 0 Å². The first-order valence-electron chi connectivity index (χ1n) is 6.11. The van der Waals surface area contributed by atoms with Gasteiger partial charge in [-0.3, -0.25) is 0 Å². The Balaban J connectivity index is 2.03. The standard InChI is InChI=1S/C13H19NS/c1-10-8-11-12(15-10)4-2-5-13(11)6-3-7-14-9-13/h8,14H,2-7,9H2,1H3/t13-/m0/s1. The maximum Gasteiger partial charge on any atom is 0.00894 e. The first-order valence-corrected chi connectivity index (χ1v) is 6.92. The summed E-state index contributed by atoms with van der Waals surface area (Å²) >= 11 is 2.03. The molecule has 1 spiro atoms. The second kappa shape index (κ2) is 3.60. The molecule has 0 saturated carbocycles. The Morgan fingerprint density at radius 2 is 2.20 bits per heavy atom. The molecule has 1 saturated heterocycles. The van der Waals surface area contributed by atoms with E-state index in [1.54, 1.807) is 10.4 Å². The molecule has 1 N–H and O–H groups in total. The van der Waals surface area contributed by atoms with E-state index in [-0.39, 0.29) is 0 Å². The minimum atomic E-state index is 0.511. The summed E-state index contributed by atoms with van der Waals surface area (Å²) in [6.45, 7) is 4.70. The number of aryl methyl sites for hydroxylation is 2. The summed E-state index contributed by atoms with van der Waals surface area (Å²) < 4.78 is 0. The Kier molecular flexibility index (Phi) is 2.37. The van der Waals surface area contributed by atoms with Crippen molar-refractivity contribution >= 4 is 11.3 Å². The highest BCUT2D eigenvalue weighted by Gasteiger charge is 2.38. The fourth-order valence-corrected chi connectivity index (χ4v) is 4.53. The molecule has 1 aliphatic heterocycles. The summed E-state index contributed by atoms with van der Waals surface area (Å²) in [5.74, 6) is 0. The van der Waals surface area contributed by atoms with E-state index < -0.39 is 0 Å². The van der Waals surface area contributed by atoms with Gasteiger partial charge in [0.25, 0.3) is 0 Å². The van der Waals surface area contributed by atoms with Crippen LogP contribution in [0, 0.1) is 6.92 Å². The third-order valence-corrected chi connectivity index (χ3v) is 5.15. The smallest absolute Gasteiger partial charge is 0.00894 e. The molecular weight excluding hydrogens is 202 g/mol. The maximum atomic E-state index is 3.60. The van der Waals surface area contributed by atoms with Crippen LogP contribution in [0.4, 0.5) is 0 Å². The van der Waals surface area contributed by atoms with Crippen LogP contribution in [0.1, 0.15) is 41.0 Å². The van der Waals surface area contributed by atoms with E-state index in [0.717, 1.165) is 0 Å². The molecule has 82 valence electrons. The molecule has 0 bridgehead atoms. The molecule has 1 aliphatic carbocycles. The molecule has 1 aromatic heterocycles. The second-order valence-electron chi connectivity index (χ2n) is 5.11. The topological polar surface area (TPSA) is 12.0 Å². The van der Waals surface area contributed by atoms with Gasteiger partial charge in [0.1, 0.15) is 0 Å². The van der Waals surface area contributed by atoms with E-state index in [9.17, 15) is 0 Å². The molecule has 0 amide bonds. The summed E-state index contributed by atoms with van der Waals surface area (Å²) in [5.41, 5.74) is 2.21. The van der Waals surface area contributed by atoms with E-state index in [0.29, 0.717) is 5.41 Å². The number of piperidine rings is 1. The number of thiophene rings is 1. The van der Waals surface area contributed by atoms with Crippen molar-refractivity contribution in [2.75, 3.05) is 13.1 Å². The molecule has 2 aliphatic rings. The minimum Gasteiger partial charge on any atom is -0.316 e. The van der Waals surface area contributed by atoms with Crippen LogP contribution in [-0.2, 0) is 11.8 Å². The van der Waals surface area contributed by atoms with Crippen molar-refractivity contribution in [3.8, 4) is 0 Å². The van der Waals surface area contributed by atoms with E-state index in [4.69, 9.17) is 0 Å². The Labute approximate surface area is 95.9 Å². The first-order chi connectivity index (χ1) is 7.30. The van der Waals surface area contributed by atoms with Gasteiger partial charge in [-0.05, 0) is 57.2 Å². The third-order valence-electron chi connectivity index (χ3n) is 4.03. The van der Waals surface area contributed by atoms with Crippen LogP contribution in [-0.4, -0.2) is 13.1 Å². The van der Waals surface area contributed by atoms with Crippen LogP contribution < -0.4 is 5.32 Å². The number of hydrogen-bond donors (Lipinski definition) is 1. The SMILES string of the molecule is Cc1cc2c(s1)CCC[C@@]21CCCNC1. The molecule has 0 aromatic carbocycles. The third kappa shape index (κ3) is 1.55. The van der Waals surface area contributed by atoms with Crippen LogP contribution >= 0.6 is 11.3 Å². The Morgan fingerprint density at radius 3 is 3.00 bits per heavy atom. The molecule has 1 atom stereocenters. The highest BCUT2D eigenvalue weighted by Crippen LogP contribution is 2.44. The Hall–Kier alpha value is -0.340. The lowest BCUT2D eigenvalue weighted by atomic mass is 9.68. The van der Waals surface area contributed by atoms with Crippen molar-refractivity contribution in [3.05, 3.63) is 21.4 Å². The van der Waals surface area contributed by atoms with Gasteiger partial charge in [-0.15, -0.1) is 11.3 Å². The van der Waals surface area contributed by atoms with Crippen LogP contribution in [0.5, 0.6) is 0 Å². The van der Waals surface area contributed by atoms with Crippen LogP contribution in [0.15, 0.2) is 6.07 Å². The van der Waals surface area contributed by atoms with Gasteiger partial charge in [0, 0.05) is 21.7 Å². The van der Waals surface area contributed by atoms with Gasteiger partial charge in [-0.25, -0.2) is 0 Å². The molecule has 2 heterocycles. The zero-order chi connectivity index (χ0) is 10.3. The molecule has 0 radical (unpaired) electrons. The number of fused-ring (bicyclic) bond motifs is 2. The van der Waals surface area contributed by atoms with Gasteiger partial charge >= 0.3 is 0 Å². The highest BCUT2D eigenvalue weighted by molar-refractivity contribution is 7.12.